The van der Waals surface area contributed by atoms with Crippen LogP contribution in [0.5, 0.6) is 5.75 Å². The maximum absolute atomic E-state index is 10.8. The van der Waals surface area contributed by atoms with Crippen LogP contribution in [0.15, 0.2) is 18.2 Å². The van der Waals surface area contributed by atoms with Crippen LogP contribution in [0.1, 0.15) is 49.3 Å². The summed E-state index contributed by atoms with van der Waals surface area (Å²) >= 11 is 0. The van der Waals surface area contributed by atoms with Crippen molar-refractivity contribution in [3.05, 3.63) is 29.3 Å². The molecular weight excluding hydrogens is 252 g/mol. The number of aryl methyl sites for hydroxylation is 1. The van der Waals surface area contributed by atoms with Gasteiger partial charge in [-0.15, -0.1) is 0 Å². The summed E-state index contributed by atoms with van der Waals surface area (Å²) in [5, 5.41) is 10.8. The highest BCUT2D eigenvalue weighted by atomic mass is 16.5. The number of hydrogen-bond acceptors (Lipinski definition) is 3. The van der Waals surface area contributed by atoms with Crippen molar-refractivity contribution in [2.75, 3.05) is 13.7 Å². The number of methoxy groups -OCH3 is 1. The zero-order valence-corrected chi connectivity index (χ0v) is 12.4. The van der Waals surface area contributed by atoms with E-state index in [1.54, 1.807) is 7.11 Å². The van der Waals surface area contributed by atoms with Gasteiger partial charge in [-0.25, -0.2) is 0 Å². The van der Waals surface area contributed by atoms with Gasteiger partial charge in [-0.2, -0.15) is 0 Å². The summed E-state index contributed by atoms with van der Waals surface area (Å²) in [6, 6.07) is 6.04. The van der Waals surface area contributed by atoms with Gasteiger partial charge in [0, 0.05) is 12.2 Å². The van der Waals surface area contributed by atoms with Crippen molar-refractivity contribution in [2.24, 2.45) is 5.92 Å². The van der Waals surface area contributed by atoms with Gasteiger partial charge >= 0.3 is 0 Å². The zero-order valence-electron chi connectivity index (χ0n) is 12.4. The lowest BCUT2D eigenvalue weighted by molar-refractivity contribution is -0.157. The van der Waals surface area contributed by atoms with Crippen molar-refractivity contribution in [1.82, 2.24) is 0 Å². The smallest absolute Gasteiger partial charge is 0.124 e. The highest BCUT2D eigenvalue weighted by Crippen LogP contribution is 2.47. The standard InChI is InChI=1S/C17H24O3/c1-12-4-5-14(15(10-12)19-2)16(18)13-6-9-20-17(11-13)7-3-8-17/h4-5,10,13,16,18H,3,6-9,11H2,1-2H3. The molecule has 0 radical (unpaired) electrons. The maximum atomic E-state index is 10.8. The average molecular weight is 276 g/mol. The molecule has 1 aliphatic carbocycles. The molecule has 2 fully saturated rings. The first-order chi connectivity index (χ1) is 9.63. The van der Waals surface area contributed by atoms with E-state index < -0.39 is 6.10 Å². The van der Waals surface area contributed by atoms with Crippen molar-refractivity contribution >= 4 is 0 Å². The highest BCUT2D eigenvalue weighted by Gasteiger charge is 2.44. The molecule has 20 heavy (non-hydrogen) atoms. The molecule has 2 atom stereocenters. The normalized spacial score (nSPS) is 26.1. The minimum Gasteiger partial charge on any atom is -0.496 e. The van der Waals surface area contributed by atoms with Crippen LogP contribution in [0.2, 0.25) is 0 Å². The first-order valence-corrected chi connectivity index (χ1v) is 7.60. The van der Waals surface area contributed by atoms with Crippen molar-refractivity contribution in [3.63, 3.8) is 0 Å². The molecule has 1 saturated heterocycles. The average Bonchev–Trinajstić information content (AvgIpc) is 2.45. The number of benzene rings is 1. The van der Waals surface area contributed by atoms with Gasteiger partial charge in [-0.3, -0.25) is 0 Å². The van der Waals surface area contributed by atoms with E-state index in [0.717, 1.165) is 49.2 Å². The minimum absolute atomic E-state index is 0.0713. The van der Waals surface area contributed by atoms with Gasteiger partial charge in [0.1, 0.15) is 5.75 Å². The summed E-state index contributed by atoms with van der Waals surface area (Å²) < 4.78 is 11.4. The lowest BCUT2D eigenvalue weighted by atomic mass is 9.70. The van der Waals surface area contributed by atoms with E-state index in [0.29, 0.717) is 0 Å². The molecule has 1 spiro atoms. The van der Waals surface area contributed by atoms with Crippen molar-refractivity contribution in [2.45, 2.75) is 50.7 Å². The molecule has 110 valence electrons. The van der Waals surface area contributed by atoms with Crippen molar-refractivity contribution in [3.8, 4) is 5.75 Å². The monoisotopic (exact) mass is 276 g/mol. The fraction of sp³-hybridized carbons (Fsp3) is 0.647. The van der Waals surface area contributed by atoms with E-state index in [-0.39, 0.29) is 11.5 Å². The van der Waals surface area contributed by atoms with Gasteiger partial charge < -0.3 is 14.6 Å². The maximum Gasteiger partial charge on any atom is 0.124 e. The Hall–Kier alpha value is -1.06. The molecule has 0 bridgehead atoms. The quantitative estimate of drug-likeness (QED) is 0.919. The van der Waals surface area contributed by atoms with Gasteiger partial charge in [0.15, 0.2) is 0 Å². The summed E-state index contributed by atoms with van der Waals surface area (Å²) in [7, 11) is 1.67. The third kappa shape index (κ3) is 2.45. The molecule has 2 unspecified atom stereocenters. The molecule has 1 aromatic rings. The second kappa shape index (κ2) is 5.38. The molecule has 1 heterocycles. The Labute approximate surface area is 120 Å². The predicted octanol–water partition coefficient (Wildman–Crippen LogP) is 3.39. The van der Waals surface area contributed by atoms with Gasteiger partial charge in [0.2, 0.25) is 0 Å². The second-order valence-electron chi connectivity index (χ2n) is 6.33. The molecular formula is C17H24O3. The van der Waals surface area contributed by atoms with E-state index >= 15 is 0 Å². The van der Waals surface area contributed by atoms with Crippen LogP contribution < -0.4 is 4.74 Å². The zero-order chi connectivity index (χ0) is 14.2. The molecule has 1 aromatic carbocycles. The molecule has 1 aliphatic heterocycles. The Bertz CT molecular complexity index is 479. The fourth-order valence-corrected chi connectivity index (χ4v) is 3.57. The van der Waals surface area contributed by atoms with Crippen LogP contribution in [-0.2, 0) is 4.74 Å². The number of aliphatic hydroxyl groups is 1. The highest BCUT2D eigenvalue weighted by molar-refractivity contribution is 5.39. The Morgan fingerprint density at radius 2 is 2.20 bits per heavy atom. The summed E-state index contributed by atoms with van der Waals surface area (Å²) in [6.07, 6.45) is 5.02. The van der Waals surface area contributed by atoms with Gasteiger partial charge in [0.05, 0.1) is 18.8 Å². The van der Waals surface area contributed by atoms with Gasteiger partial charge in [-0.1, -0.05) is 12.1 Å². The second-order valence-corrected chi connectivity index (χ2v) is 6.33. The molecule has 0 amide bonds. The summed E-state index contributed by atoms with van der Waals surface area (Å²) in [4.78, 5) is 0. The predicted molar refractivity (Wildman–Crippen MR) is 77.9 cm³/mol. The van der Waals surface area contributed by atoms with E-state index in [9.17, 15) is 5.11 Å². The van der Waals surface area contributed by atoms with E-state index in [1.165, 1.54) is 6.42 Å². The fourth-order valence-electron chi connectivity index (χ4n) is 3.57. The molecule has 1 N–H and O–H groups in total. The van der Waals surface area contributed by atoms with E-state index in [2.05, 4.69) is 0 Å². The molecule has 1 saturated carbocycles. The van der Waals surface area contributed by atoms with Crippen LogP contribution in [0.4, 0.5) is 0 Å². The Balaban J connectivity index is 1.79. The van der Waals surface area contributed by atoms with Crippen LogP contribution in [0.3, 0.4) is 0 Å². The SMILES string of the molecule is COc1cc(C)ccc1C(O)C1CCOC2(CCC2)C1. The third-order valence-corrected chi connectivity index (χ3v) is 4.95. The first-order valence-electron chi connectivity index (χ1n) is 7.60. The summed E-state index contributed by atoms with van der Waals surface area (Å²) in [6.45, 7) is 2.81. The minimum atomic E-state index is -0.452. The molecule has 3 nitrogen and oxygen atoms in total. The van der Waals surface area contributed by atoms with Crippen molar-refractivity contribution < 1.29 is 14.6 Å². The molecule has 2 aliphatic rings. The largest absolute Gasteiger partial charge is 0.496 e. The topological polar surface area (TPSA) is 38.7 Å². The molecule has 0 aromatic heterocycles. The van der Waals surface area contributed by atoms with E-state index in [4.69, 9.17) is 9.47 Å². The Morgan fingerprint density at radius 1 is 1.40 bits per heavy atom. The van der Waals surface area contributed by atoms with Gasteiger partial charge in [0.25, 0.3) is 0 Å². The van der Waals surface area contributed by atoms with Crippen LogP contribution in [-0.4, -0.2) is 24.4 Å². The lowest BCUT2D eigenvalue weighted by Crippen LogP contribution is -2.46. The summed E-state index contributed by atoms with van der Waals surface area (Å²) in [5.74, 6) is 1.08. The number of aliphatic hydroxyl groups excluding tert-OH is 1. The Morgan fingerprint density at radius 3 is 2.85 bits per heavy atom. The summed E-state index contributed by atoms with van der Waals surface area (Å²) in [5.41, 5.74) is 2.14. The van der Waals surface area contributed by atoms with Crippen LogP contribution in [0, 0.1) is 12.8 Å². The van der Waals surface area contributed by atoms with E-state index in [1.807, 2.05) is 25.1 Å². The number of hydrogen-bond donors (Lipinski definition) is 1. The van der Waals surface area contributed by atoms with Crippen LogP contribution in [0.25, 0.3) is 0 Å². The number of rotatable bonds is 3. The first kappa shape index (κ1) is 13.9. The molecule has 3 heteroatoms. The van der Waals surface area contributed by atoms with Gasteiger partial charge in [-0.05, 0) is 56.6 Å². The number of ether oxygens (including phenoxy) is 2. The Kier molecular flexibility index (Phi) is 3.74. The molecule has 3 rings (SSSR count). The lowest BCUT2D eigenvalue weighted by Gasteiger charge is -2.48. The third-order valence-electron chi connectivity index (χ3n) is 4.95. The van der Waals surface area contributed by atoms with Crippen molar-refractivity contribution in [1.29, 1.82) is 0 Å². The van der Waals surface area contributed by atoms with Crippen LogP contribution >= 0.6 is 0 Å².